The van der Waals surface area contributed by atoms with Gasteiger partial charge in [-0.15, -0.1) is 0 Å². The highest BCUT2D eigenvalue weighted by atomic mass is 32.2. The number of rotatable bonds is 3. The topological polar surface area (TPSA) is 35.6 Å². The highest BCUT2D eigenvalue weighted by molar-refractivity contribution is 7.99. The van der Waals surface area contributed by atoms with Gasteiger partial charge in [-0.1, -0.05) is 0 Å². The zero-order valence-electron chi connectivity index (χ0n) is 11.5. The van der Waals surface area contributed by atoms with E-state index in [-0.39, 0.29) is 0 Å². The molecule has 2 fully saturated rings. The average molecular weight is 271 g/mol. The number of hydrogen-bond acceptors (Lipinski definition) is 4. The maximum absolute atomic E-state index is 12.2. The number of nitrogens with one attached hydrogen (secondary N) is 1. The van der Waals surface area contributed by atoms with Crippen LogP contribution >= 0.6 is 11.8 Å². The molecule has 4 nitrogen and oxygen atoms in total. The number of carbonyl (C=O) groups is 1. The van der Waals surface area contributed by atoms with Crippen LogP contribution < -0.4 is 5.32 Å². The van der Waals surface area contributed by atoms with Crippen LogP contribution in [-0.2, 0) is 4.79 Å². The summed E-state index contributed by atoms with van der Waals surface area (Å²) < 4.78 is 0. The van der Waals surface area contributed by atoms with Crippen molar-refractivity contribution in [3.63, 3.8) is 0 Å². The Kier molecular flexibility index (Phi) is 5.33. The number of amides is 1. The van der Waals surface area contributed by atoms with E-state index in [9.17, 15) is 4.79 Å². The zero-order chi connectivity index (χ0) is 13.0. The molecule has 1 N–H and O–H groups in total. The molecule has 2 rings (SSSR count). The minimum atomic E-state index is 0.332. The molecule has 0 bridgehead atoms. The van der Waals surface area contributed by atoms with Gasteiger partial charge in [-0.25, -0.2) is 0 Å². The number of piperazine rings is 1. The Bertz CT molecular complexity index is 271. The predicted molar refractivity (Wildman–Crippen MR) is 77.0 cm³/mol. The van der Waals surface area contributed by atoms with Crippen LogP contribution in [0.4, 0.5) is 0 Å². The summed E-state index contributed by atoms with van der Waals surface area (Å²) >= 11 is 1.95. The van der Waals surface area contributed by atoms with Crippen molar-refractivity contribution in [3.8, 4) is 0 Å². The molecule has 0 radical (unpaired) electrons. The Morgan fingerprint density at radius 2 is 2.06 bits per heavy atom. The molecule has 2 aliphatic rings. The molecule has 0 spiro atoms. The summed E-state index contributed by atoms with van der Waals surface area (Å²) in [7, 11) is 0. The number of thioether (sulfide) groups is 1. The normalized spacial score (nSPS) is 26.6. The van der Waals surface area contributed by atoms with Gasteiger partial charge in [-0.05, 0) is 13.8 Å². The highest BCUT2D eigenvalue weighted by Gasteiger charge is 2.25. The van der Waals surface area contributed by atoms with Crippen LogP contribution in [0.25, 0.3) is 0 Å². The van der Waals surface area contributed by atoms with Crippen molar-refractivity contribution in [1.29, 1.82) is 0 Å². The summed E-state index contributed by atoms with van der Waals surface area (Å²) in [6, 6.07) is 0.984. The summed E-state index contributed by atoms with van der Waals surface area (Å²) in [5.74, 6) is 2.59. The first kappa shape index (κ1) is 14.2. The Hall–Kier alpha value is -0.260. The van der Waals surface area contributed by atoms with Crippen LogP contribution in [-0.4, -0.2) is 72.0 Å². The monoisotopic (exact) mass is 271 g/mol. The molecule has 0 aromatic heterocycles. The first-order valence-corrected chi connectivity index (χ1v) is 8.15. The van der Waals surface area contributed by atoms with Crippen LogP contribution in [0.2, 0.25) is 0 Å². The van der Waals surface area contributed by atoms with Crippen molar-refractivity contribution in [3.05, 3.63) is 0 Å². The van der Waals surface area contributed by atoms with Gasteiger partial charge in [-0.3, -0.25) is 9.69 Å². The zero-order valence-corrected chi connectivity index (χ0v) is 12.3. The molecule has 0 aromatic rings. The molecule has 0 aromatic carbocycles. The molecular weight excluding hydrogens is 246 g/mol. The Balaban J connectivity index is 1.73. The fourth-order valence-corrected chi connectivity index (χ4v) is 3.53. The van der Waals surface area contributed by atoms with E-state index in [0.717, 1.165) is 38.5 Å². The molecule has 2 heterocycles. The minimum absolute atomic E-state index is 0.332. The SMILES string of the molecule is CC(C)N1CCN(C(=O)CC2CSCCN2)CC1. The lowest BCUT2D eigenvalue weighted by Crippen LogP contribution is -2.52. The third-order valence-corrected chi connectivity index (χ3v) is 4.95. The highest BCUT2D eigenvalue weighted by Crippen LogP contribution is 2.13. The van der Waals surface area contributed by atoms with Gasteiger partial charge < -0.3 is 10.2 Å². The molecule has 1 unspecified atom stereocenters. The summed E-state index contributed by atoms with van der Waals surface area (Å²) in [6.45, 7) is 9.34. The van der Waals surface area contributed by atoms with Crippen molar-refractivity contribution in [2.45, 2.75) is 32.4 Å². The molecule has 18 heavy (non-hydrogen) atoms. The van der Waals surface area contributed by atoms with Gasteiger partial charge in [0.1, 0.15) is 0 Å². The van der Waals surface area contributed by atoms with Gasteiger partial charge in [0, 0.05) is 62.7 Å². The average Bonchev–Trinajstić information content (AvgIpc) is 2.40. The lowest BCUT2D eigenvalue weighted by Gasteiger charge is -2.37. The second kappa shape index (κ2) is 6.78. The van der Waals surface area contributed by atoms with Crippen LogP contribution in [0.1, 0.15) is 20.3 Å². The van der Waals surface area contributed by atoms with E-state index in [1.807, 2.05) is 16.7 Å². The maximum atomic E-state index is 12.2. The Morgan fingerprint density at radius 1 is 1.33 bits per heavy atom. The van der Waals surface area contributed by atoms with Gasteiger partial charge in [0.05, 0.1) is 0 Å². The third kappa shape index (κ3) is 3.87. The summed E-state index contributed by atoms with van der Waals surface area (Å²) in [5, 5.41) is 3.44. The van der Waals surface area contributed by atoms with E-state index < -0.39 is 0 Å². The molecule has 2 saturated heterocycles. The number of carbonyl (C=O) groups excluding carboxylic acids is 1. The second-order valence-electron chi connectivity index (χ2n) is 5.44. The van der Waals surface area contributed by atoms with E-state index in [1.165, 1.54) is 5.75 Å². The number of nitrogens with zero attached hydrogens (tertiary/aromatic N) is 2. The lowest BCUT2D eigenvalue weighted by atomic mass is 10.2. The van der Waals surface area contributed by atoms with E-state index in [1.54, 1.807) is 0 Å². The molecule has 1 atom stereocenters. The second-order valence-corrected chi connectivity index (χ2v) is 6.59. The lowest BCUT2D eigenvalue weighted by molar-refractivity contribution is -0.133. The van der Waals surface area contributed by atoms with Crippen molar-refractivity contribution >= 4 is 17.7 Å². The quantitative estimate of drug-likeness (QED) is 0.817. The van der Waals surface area contributed by atoms with E-state index >= 15 is 0 Å². The van der Waals surface area contributed by atoms with Crippen molar-refractivity contribution < 1.29 is 4.79 Å². The number of hydrogen-bond donors (Lipinski definition) is 1. The van der Waals surface area contributed by atoms with Crippen LogP contribution in [0.3, 0.4) is 0 Å². The smallest absolute Gasteiger partial charge is 0.224 e. The van der Waals surface area contributed by atoms with Gasteiger partial charge in [0.2, 0.25) is 5.91 Å². The van der Waals surface area contributed by atoms with Crippen molar-refractivity contribution in [1.82, 2.24) is 15.1 Å². The van der Waals surface area contributed by atoms with Gasteiger partial charge >= 0.3 is 0 Å². The van der Waals surface area contributed by atoms with Crippen molar-refractivity contribution in [2.24, 2.45) is 0 Å². The molecule has 104 valence electrons. The first-order chi connectivity index (χ1) is 8.66. The molecule has 0 saturated carbocycles. The largest absolute Gasteiger partial charge is 0.340 e. The van der Waals surface area contributed by atoms with Crippen LogP contribution in [0.15, 0.2) is 0 Å². The van der Waals surface area contributed by atoms with Gasteiger partial charge in [-0.2, -0.15) is 11.8 Å². The Labute approximate surface area is 114 Å². The van der Waals surface area contributed by atoms with E-state index in [0.29, 0.717) is 24.4 Å². The molecule has 0 aliphatic carbocycles. The maximum Gasteiger partial charge on any atom is 0.224 e. The predicted octanol–water partition coefficient (Wildman–Crippen LogP) is 0.634. The third-order valence-electron chi connectivity index (χ3n) is 3.82. The van der Waals surface area contributed by atoms with E-state index in [4.69, 9.17) is 0 Å². The molecule has 1 amide bonds. The summed E-state index contributed by atoms with van der Waals surface area (Å²) in [4.78, 5) is 16.7. The van der Waals surface area contributed by atoms with Crippen LogP contribution in [0, 0.1) is 0 Å². The van der Waals surface area contributed by atoms with E-state index in [2.05, 4.69) is 24.1 Å². The standard InChI is InChI=1S/C13H25N3OS/c1-11(2)15-4-6-16(7-5-15)13(17)9-12-10-18-8-3-14-12/h11-12,14H,3-10H2,1-2H3. The van der Waals surface area contributed by atoms with Crippen molar-refractivity contribution in [2.75, 3.05) is 44.2 Å². The fraction of sp³-hybridized carbons (Fsp3) is 0.923. The minimum Gasteiger partial charge on any atom is -0.340 e. The summed E-state index contributed by atoms with van der Waals surface area (Å²) in [5.41, 5.74) is 0. The summed E-state index contributed by atoms with van der Waals surface area (Å²) in [6.07, 6.45) is 0.675. The van der Waals surface area contributed by atoms with Gasteiger partial charge in [0.15, 0.2) is 0 Å². The molecule has 5 heteroatoms. The Morgan fingerprint density at radius 3 is 2.61 bits per heavy atom. The molecule has 2 aliphatic heterocycles. The fourth-order valence-electron chi connectivity index (χ4n) is 2.58. The molecular formula is C13H25N3OS. The first-order valence-electron chi connectivity index (χ1n) is 7.00. The van der Waals surface area contributed by atoms with Gasteiger partial charge in [0.25, 0.3) is 0 Å². The van der Waals surface area contributed by atoms with Crippen LogP contribution in [0.5, 0.6) is 0 Å².